The zero-order valence-corrected chi connectivity index (χ0v) is 8.91. The molecule has 0 aromatic heterocycles. The van der Waals surface area contributed by atoms with Crippen molar-refractivity contribution in [2.75, 3.05) is 0 Å². The van der Waals surface area contributed by atoms with Crippen LogP contribution in [0.1, 0.15) is 36.6 Å². The smallest absolute Gasteiger partial charge is 0.0991 e. The second kappa shape index (κ2) is 4.26. The number of hydrogen-bond acceptors (Lipinski definition) is 2. The zero-order valence-electron chi connectivity index (χ0n) is 8.91. The van der Waals surface area contributed by atoms with E-state index in [-0.39, 0.29) is 6.04 Å². The molecule has 0 unspecified atom stereocenters. The third kappa shape index (κ3) is 2.34. The van der Waals surface area contributed by atoms with Gasteiger partial charge in [0.2, 0.25) is 0 Å². The first-order chi connectivity index (χ1) is 6.54. The van der Waals surface area contributed by atoms with Crippen molar-refractivity contribution in [2.24, 2.45) is 11.7 Å². The Hall–Kier alpha value is -1.33. The Labute approximate surface area is 85.4 Å². The van der Waals surface area contributed by atoms with Crippen LogP contribution in [0.25, 0.3) is 0 Å². The first-order valence-electron chi connectivity index (χ1n) is 4.82. The first kappa shape index (κ1) is 10.7. The molecule has 1 atom stereocenters. The number of nitrogens with two attached hydrogens (primary N) is 1. The maximum absolute atomic E-state index is 8.82. The van der Waals surface area contributed by atoms with E-state index in [9.17, 15) is 0 Å². The molecule has 0 saturated heterocycles. The van der Waals surface area contributed by atoms with Gasteiger partial charge in [0.1, 0.15) is 0 Å². The van der Waals surface area contributed by atoms with Crippen molar-refractivity contribution in [3.05, 3.63) is 34.9 Å². The summed E-state index contributed by atoms with van der Waals surface area (Å²) in [5, 5.41) is 8.82. The number of rotatable bonds is 2. The van der Waals surface area contributed by atoms with E-state index in [1.807, 2.05) is 25.1 Å². The van der Waals surface area contributed by atoms with Gasteiger partial charge >= 0.3 is 0 Å². The summed E-state index contributed by atoms with van der Waals surface area (Å²) in [6, 6.07) is 7.95. The van der Waals surface area contributed by atoms with Gasteiger partial charge < -0.3 is 5.73 Å². The molecule has 1 aromatic carbocycles. The molecule has 0 heterocycles. The molecular formula is C12H16N2. The Morgan fingerprint density at radius 1 is 1.29 bits per heavy atom. The lowest BCUT2D eigenvalue weighted by molar-refractivity contribution is 0.514. The predicted molar refractivity (Wildman–Crippen MR) is 57.7 cm³/mol. The Morgan fingerprint density at radius 3 is 2.43 bits per heavy atom. The maximum atomic E-state index is 8.82. The van der Waals surface area contributed by atoms with Gasteiger partial charge in [-0.05, 0) is 36.1 Å². The minimum atomic E-state index is 0.0157. The van der Waals surface area contributed by atoms with Crippen molar-refractivity contribution >= 4 is 0 Å². The highest BCUT2D eigenvalue weighted by Gasteiger charge is 2.11. The van der Waals surface area contributed by atoms with Gasteiger partial charge in [0.15, 0.2) is 0 Å². The van der Waals surface area contributed by atoms with Gasteiger partial charge in [0.25, 0.3) is 0 Å². The summed E-state index contributed by atoms with van der Waals surface area (Å²) < 4.78 is 0. The molecule has 0 fully saturated rings. The van der Waals surface area contributed by atoms with E-state index in [4.69, 9.17) is 11.0 Å². The lowest BCUT2D eigenvalue weighted by Crippen LogP contribution is -2.16. The average Bonchev–Trinajstić information content (AvgIpc) is 2.15. The van der Waals surface area contributed by atoms with Crippen LogP contribution in [0.2, 0.25) is 0 Å². The number of benzene rings is 1. The van der Waals surface area contributed by atoms with Crippen molar-refractivity contribution in [3.8, 4) is 6.07 Å². The summed E-state index contributed by atoms with van der Waals surface area (Å²) in [4.78, 5) is 0. The van der Waals surface area contributed by atoms with Crippen LogP contribution in [0.3, 0.4) is 0 Å². The van der Waals surface area contributed by atoms with E-state index in [1.54, 1.807) is 0 Å². The Balaban J connectivity index is 3.10. The molecule has 0 spiro atoms. The lowest BCUT2D eigenvalue weighted by atomic mass is 9.94. The highest BCUT2D eigenvalue weighted by Crippen LogP contribution is 2.21. The summed E-state index contributed by atoms with van der Waals surface area (Å²) in [6.45, 7) is 6.15. The molecule has 2 heteroatoms. The van der Waals surface area contributed by atoms with Crippen LogP contribution >= 0.6 is 0 Å². The monoisotopic (exact) mass is 188 g/mol. The highest BCUT2D eigenvalue weighted by atomic mass is 14.6. The molecule has 1 rings (SSSR count). The van der Waals surface area contributed by atoms with Crippen molar-refractivity contribution in [1.29, 1.82) is 5.26 Å². The topological polar surface area (TPSA) is 49.8 Å². The van der Waals surface area contributed by atoms with Crippen molar-refractivity contribution < 1.29 is 0 Å². The Kier molecular flexibility index (Phi) is 3.27. The Morgan fingerprint density at radius 2 is 1.93 bits per heavy atom. The van der Waals surface area contributed by atoms with Crippen molar-refractivity contribution in [3.63, 3.8) is 0 Å². The molecule has 0 amide bonds. The van der Waals surface area contributed by atoms with Gasteiger partial charge in [0.05, 0.1) is 11.6 Å². The normalized spacial score (nSPS) is 12.6. The quantitative estimate of drug-likeness (QED) is 0.775. The van der Waals surface area contributed by atoms with Gasteiger partial charge in [0, 0.05) is 6.04 Å². The van der Waals surface area contributed by atoms with E-state index in [2.05, 4.69) is 19.9 Å². The summed E-state index contributed by atoms with van der Waals surface area (Å²) in [5.74, 6) is 0.392. The molecule has 0 saturated carbocycles. The minimum absolute atomic E-state index is 0.0157. The predicted octanol–water partition coefficient (Wildman–Crippen LogP) is 2.52. The summed E-state index contributed by atoms with van der Waals surface area (Å²) in [5.41, 5.74) is 8.86. The maximum Gasteiger partial charge on any atom is 0.0991 e. The standard InChI is InChI=1S/C12H16N2/c1-8(2)12(14)11-5-9(3)4-10(6-11)7-13/h4-6,8,12H,14H2,1-3H3/t12-/m1/s1. The van der Waals surface area contributed by atoms with E-state index >= 15 is 0 Å². The zero-order chi connectivity index (χ0) is 10.7. The molecule has 1 aromatic rings. The van der Waals surface area contributed by atoms with Gasteiger partial charge in [-0.1, -0.05) is 19.9 Å². The molecular weight excluding hydrogens is 172 g/mol. The van der Waals surface area contributed by atoms with Crippen molar-refractivity contribution in [1.82, 2.24) is 0 Å². The first-order valence-corrected chi connectivity index (χ1v) is 4.82. The summed E-state index contributed by atoms with van der Waals surface area (Å²) >= 11 is 0. The van der Waals surface area contributed by atoms with Gasteiger partial charge in [-0.15, -0.1) is 0 Å². The van der Waals surface area contributed by atoms with Crippen LogP contribution in [-0.2, 0) is 0 Å². The van der Waals surface area contributed by atoms with Crippen LogP contribution in [0, 0.1) is 24.2 Å². The van der Waals surface area contributed by atoms with Crippen molar-refractivity contribution in [2.45, 2.75) is 26.8 Å². The molecule has 0 aliphatic carbocycles. The molecule has 0 radical (unpaired) electrons. The number of hydrogen-bond donors (Lipinski definition) is 1. The summed E-state index contributed by atoms with van der Waals surface area (Å²) in [6.07, 6.45) is 0. The molecule has 0 aliphatic heterocycles. The van der Waals surface area contributed by atoms with Gasteiger partial charge in [-0.2, -0.15) is 5.26 Å². The van der Waals surface area contributed by atoms with E-state index in [1.165, 1.54) is 0 Å². The van der Waals surface area contributed by atoms with Crippen LogP contribution in [-0.4, -0.2) is 0 Å². The second-order valence-corrected chi connectivity index (χ2v) is 4.01. The second-order valence-electron chi connectivity index (χ2n) is 4.01. The Bertz CT molecular complexity index is 361. The molecule has 0 aliphatic rings. The lowest BCUT2D eigenvalue weighted by Gasteiger charge is -2.16. The number of aryl methyl sites for hydroxylation is 1. The highest BCUT2D eigenvalue weighted by molar-refractivity contribution is 5.38. The van der Waals surface area contributed by atoms with Gasteiger partial charge in [-0.3, -0.25) is 0 Å². The molecule has 74 valence electrons. The fraction of sp³-hybridized carbons (Fsp3) is 0.417. The largest absolute Gasteiger partial charge is 0.324 e. The van der Waals surface area contributed by atoms with Crippen LogP contribution in [0.4, 0.5) is 0 Å². The van der Waals surface area contributed by atoms with E-state index in [0.29, 0.717) is 11.5 Å². The minimum Gasteiger partial charge on any atom is -0.324 e. The van der Waals surface area contributed by atoms with E-state index in [0.717, 1.165) is 11.1 Å². The van der Waals surface area contributed by atoms with Crippen LogP contribution in [0.5, 0.6) is 0 Å². The number of nitrogens with zero attached hydrogens (tertiary/aromatic N) is 1. The van der Waals surface area contributed by atoms with Crippen LogP contribution < -0.4 is 5.73 Å². The molecule has 2 nitrogen and oxygen atoms in total. The number of nitriles is 1. The molecule has 0 bridgehead atoms. The molecule has 2 N–H and O–H groups in total. The van der Waals surface area contributed by atoms with E-state index < -0.39 is 0 Å². The third-order valence-corrected chi connectivity index (χ3v) is 2.33. The third-order valence-electron chi connectivity index (χ3n) is 2.33. The fourth-order valence-corrected chi connectivity index (χ4v) is 1.45. The van der Waals surface area contributed by atoms with Gasteiger partial charge in [-0.25, -0.2) is 0 Å². The average molecular weight is 188 g/mol. The SMILES string of the molecule is Cc1cc(C#N)cc([C@H](N)C(C)C)c1. The fourth-order valence-electron chi connectivity index (χ4n) is 1.45. The molecule has 14 heavy (non-hydrogen) atoms. The van der Waals surface area contributed by atoms with Crippen LogP contribution in [0.15, 0.2) is 18.2 Å². The summed E-state index contributed by atoms with van der Waals surface area (Å²) in [7, 11) is 0.